The molecule has 0 aliphatic carbocycles. The zero-order valence-corrected chi connectivity index (χ0v) is 11.9. The summed E-state index contributed by atoms with van der Waals surface area (Å²) >= 11 is 1.64. The molecule has 0 fully saturated rings. The summed E-state index contributed by atoms with van der Waals surface area (Å²) in [5.74, 6) is -1.07. The topological polar surface area (TPSA) is 24.9 Å². The second-order valence-corrected chi connectivity index (χ2v) is 5.76. The number of aryl methyl sites for hydroxylation is 2. The monoisotopic (exact) mass is 282 g/mol. The number of nitrogens with one attached hydrogen (secondary N) is 1. The normalized spacial score (nSPS) is 12.7. The summed E-state index contributed by atoms with van der Waals surface area (Å²) in [6.45, 7) is 6.31. The lowest BCUT2D eigenvalue weighted by Gasteiger charge is -2.13. The molecule has 2 rings (SSSR count). The van der Waals surface area contributed by atoms with Crippen LogP contribution >= 0.6 is 11.3 Å². The molecule has 1 aromatic heterocycles. The first kappa shape index (κ1) is 14.1. The summed E-state index contributed by atoms with van der Waals surface area (Å²) in [4.78, 5) is 5.52. The number of benzene rings is 1. The van der Waals surface area contributed by atoms with Crippen molar-refractivity contribution in [2.45, 2.75) is 33.4 Å². The molecule has 1 heterocycles. The first-order valence-electron chi connectivity index (χ1n) is 6.08. The maximum Gasteiger partial charge on any atom is 0.130 e. The second-order valence-electron chi connectivity index (χ2n) is 4.52. The molecule has 2 aromatic rings. The van der Waals surface area contributed by atoms with Crippen LogP contribution in [0.3, 0.4) is 0 Å². The fourth-order valence-corrected chi connectivity index (χ4v) is 2.92. The fourth-order valence-electron chi connectivity index (χ4n) is 1.97. The summed E-state index contributed by atoms with van der Waals surface area (Å²) in [5.41, 5.74) is 1.47. The van der Waals surface area contributed by atoms with Crippen LogP contribution in [-0.4, -0.2) is 4.98 Å². The van der Waals surface area contributed by atoms with E-state index in [1.165, 1.54) is 12.1 Å². The number of nitrogens with zero attached hydrogens (tertiary/aromatic N) is 1. The molecule has 1 aromatic carbocycles. The molecule has 0 bridgehead atoms. The number of hydrogen-bond acceptors (Lipinski definition) is 3. The van der Waals surface area contributed by atoms with Gasteiger partial charge in [0, 0.05) is 29.1 Å². The van der Waals surface area contributed by atoms with Crippen molar-refractivity contribution in [2.75, 3.05) is 0 Å². The Morgan fingerprint density at radius 3 is 2.63 bits per heavy atom. The van der Waals surface area contributed by atoms with E-state index in [1.807, 2.05) is 20.8 Å². The van der Waals surface area contributed by atoms with Crippen LogP contribution in [-0.2, 0) is 6.54 Å². The largest absolute Gasteiger partial charge is 0.305 e. The zero-order chi connectivity index (χ0) is 14.0. The highest BCUT2D eigenvalue weighted by Gasteiger charge is 2.13. The van der Waals surface area contributed by atoms with E-state index in [0.29, 0.717) is 12.1 Å². The Labute approximate surface area is 115 Å². The molecular weight excluding hydrogens is 266 g/mol. The van der Waals surface area contributed by atoms with Gasteiger partial charge in [0.05, 0.1) is 10.7 Å². The Morgan fingerprint density at radius 2 is 2.05 bits per heavy atom. The van der Waals surface area contributed by atoms with Crippen molar-refractivity contribution in [3.05, 3.63) is 51.0 Å². The fraction of sp³-hybridized carbons (Fsp3) is 0.357. The maximum absolute atomic E-state index is 13.5. The molecule has 2 nitrogen and oxygen atoms in total. The van der Waals surface area contributed by atoms with Gasteiger partial charge in [-0.25, -0.2) is 13.8 Å². The minimum absolute atomic E-state index is 0.0932. The smallest absolute Gasteiger partial charge is 0.130 e. The summed E-state index contributed by atoms with van der Waals surface area (Å²) in [5, 5.41) is 4.26. The molecule has 0 amide bonds. The molecule has 0 saturated heterocycles. The van der Waals surface area contributed by atoms with E-state index in [4.69, 9.17) is 0 Å². The highest BCUT2D eigenvalue weighted by molar-refractivity contribution is 7.11. The number of aromatic nitrogens is 1. The predicted octanol–water partition coefficient (Wildman–Crippen LogP) is 3.89. The Balaban J connectivity index is 2.04. The van der Waals surface area contributed by atoms with Gasteiger partial charge < -0.3 is 5.32 Å². The van der Waals surface area contributed by atoms with Crippen molar-refractivity contribution in [3.8, 4) is 0 Å². The predicted molar refractivity (Wildman–Crippen MR) is 73.2 cm³/mol. The molecule has 1 atom stereocenters. The molecule has 5 heteroatoms. The second kappa shape index (κ2) is 5.75. The number of halogens is 2. The molecule has 0 radical (unpaired) electrons. The SMILES string of the molecule is Cc1nc(C)c(C(C)NCc2ccc(F)cc2F)s1. The first-order valence-corrected chi connectivity index (χ1v) is 6.90. The third-order valence-corrected chi connectivity index (χ3v) is 4.20. The van der Waals surface area contributed by atoms with Crippen molar-refractivity contribution >= 4 is 11.3 Å². The van der Waals surface area contributed by atoms with Gasteiger partial charge in [0.1, 0.15) is 11.6 Å². The summed E-state index contributed by atoms with van der Waals surface area (Å²) < 4.78 is 26.3. The van der Waals surface area contributed by atoms with Crippen LogP contribution in [0.15, 0.2) is 18.2 Å². The van der Waals surface area contributed by atoms with E-state index < -0.39 is 11.6 Å². The van der Waals surface area contributed by atoms with Crippen molar-refractivity contribution < 1.29 is 8.78 Å². The average Bonchev–Trinajstić information content (AvgIpc) is 2.67. The van der Waals surface area contributed by atoms with Gasteiger partial charge in [0.2, 0.25) is 0 Å². The van der Waals surface area contributed by atoms with Crippen molar-refractivity contribution in [1.82, 2.24) is 10.3 Å². The van der Waals surface area contributed by atoms with Crippen LogP contribution in [0.4, 0.5) is 8.78 Å². The van der Waals surface area contributed by atoms with E-state index in [-0.39, 0.29) is 6.04 Å². The van der Waals surface area contributed by atoms with Gasteiger partial charge in [0.25, 0.3) is 0 Å². The molecule has 0 saturated carbocycles. The van der Waals surface area contributed by atoms with Gasteiger partial charge in [0.15, 0.2) is 0 Å². The Kier molecular flexibility index (Phi) is 4.27. The number of thiazole rings is 1. The van der Waals surface area contributed by atoms with Crippen LogP contribution in [0.1, 0.15) is 34.1 Å². The standard InChI is InChI=1S/C14H16F2N2S/c1-8(14-9(2)18-10(3)19-14)17-7-11-4-5-12(15)6-13(11)16/h4-6,8,17H,7H2,1-3H3. The van der Waals surface area contributed by atoms with Gasteiger partial charge in [-0.3, -0.25) is 0 Å². The van der Waals surface area contributed by atoms with Gasteiger partial charge in [-0.15, -0.1) is 11.3 Å². The summed E-state index contributed by atoms with van der Waals surface area (Å²) in [6.07, 6.45) is 0. The molecule has 102 valence electrons. The van der Waals surface area contributed by atoms with Crippen LogP contribution in [0.2, 0.25) is 0 Å². The van der Waals surface area contributed by atoms with E-state index in [2.05, 4.69) is 10.3 Å². The minimum atomic E-state index is -0.553. The third kappa shape index (κ3) is 3.36. The highest BCUT2D eigenvalue weighted by Crippen LogP contribution is 2.24. The Bertz CT molecular complexity index is 581. The summed E-state index contributed by atoms with van der Waals surface area (Å²) in [7, 11) is 0. The van der Waals surface area contributed by atoms with Crippen molar-refractivity contribution in [2.24, 2.45) is 0 Å². The number of hydrogen-bond donors (Lipinski definition) is 1. The molecule has 0 aliphatic rings. The van der Waals surface area contributed by atoms with E-state index in [1.54, 1.807) is 11.3 Å². The minimum Gasteiger partial charge on any atom is -0.305 e. The van der Waals surface area contributed by atoms with Crippen molar-refractivity contribution in [1.29, 1.82) is 0 Å². The third-order valence-electron chi connectivity index (χ3n) is 2.95. The lowest BCUT2D eigenvalue weighted by atomic mass is 10.2. The molecular formula is C14H16F2N2S. The lowest BCUT2D eigenvalue weighted by Crippen LogP contribution is -2.18. The molecule has 1 unspecified atom stereocenters. The van der Waals surface area contributed by atoms with Gasteiger partial charge >= 0.3 is 0 Å². The quantitative estimate of drug-likeness (QED) is 0.920. The molecule has 0 aliphatic heterocycles. The van der Waals surface area contributed by atoms with Crippen molar-refractivity contribution in [3.63, 3.8) is 0 Å². The van der Waals surface area contributed by atoms with Gasteiger partial charge in [-0.2, -0.15) is 0 Å². The molecule has 0 spiro atoms. The molecule has 1 N–H and O–H groups in total. The number of rotatable bonds is 4. The maximum atomic E-state index is 13.5. The van der Waals surface area contributed by atoms with Gasteiger partial charge in [-0.1, -0.05) is 6.07 Å². The van der Waals surface area contributed by atoms with Crippen LogP contribution < -0.4 is 5.32 Å². The van der Waals surface area contributed by atoms with Crippen LogP contribution in [0.5, 0.6) is 0 Å². The van der Waals surface area contributed by atoms with E-state index >= 15 is 0 Å². The first-order chi connectivity index (χ1) is 8.97. The van der Waals surface area contributed by atoms with Crippen LogP contribution in [0.25, 0.3) is 0 Å². The summed E-state index contributed by atoms with van der Waals surface area (Å²) in [6, 6.07) is 3.74. The Hall–Kier alpha value is -1.33. The lowest BCUT2D eigenvalue weighted by molar-refractivity contribution is 0.536. The zero-order valence-electron chi connectivity index (χ0n) is 11.1. The molecule has 19 heavy (non-hydrogen) atoms. The highest BCUT2D eigenvalue weighted by atomic mass is 32.1. The van der Waals surface area contributed by atoms with Gasteiger partial charge in [-0.05, 0) is 26.8 Å². The van der Waals surface area contributed by atoms with E-state index in [9.17, 15) is 8.78 Å². The Morgan fingerprint density at radius 1 is 1.32 bits per heavy atom. The average molecular weight is 282 g/mol. The van der Waals surface area contributed by atoms with E-state index in [0.717, 1.165) is 21.6 Å². The van der Waals surface area contributed by atoms with Crippen LogP contribution in [0, 0.1) is 25.5 Å².